The molecule has 0 bridgehead atoms. The third-order valence-electron chi connectivity index (χ3n) is 4.39. The van der Waals surface area contributed by atoms with E-state index < -0.39 is 0 Å². The molecule has 0 spiro atoms. The lowest BCUT2D eigenvalue weighted by Gasteiger charge is -2.30. The van der Waals surface area contributed by atoms with E-state index in [1.165, 1.54) is 25.7 Å². The fraction of sp³-hybridized carbons (Fsp3) is 0.625. The summed E-state index contributed by atoms with van der Waals surface area (Å²) < 4.78 is 0. The molecular weight excluding hydrogens is 264 g/mol. The number of nitrogens with one attached hydrogen (secondary N) is 1. The number of hydrogen-bond acceptors (Lipinski definition) is 4. The van der Waals surface area contributed by atoms with Gasteiger partial charge in [0.1, 0.15) is 5.82 Å². The summed E-state index contributed by atoms with van der Waals surface area (Å²) in [6.45, 7) is 1.08. The maximum Gasteiger partial charge on any atom is 0.237 e. The van der Waals surface area contributed by atoms with E-state index in [1.807, 2.05) is 6.07 Å². The average Bonchev–Trinajstić information content (AvgIpc) is 3.15. The highest BCUT2D eigenvalue weighted by Gasteiger charge is 2.27. The molecule has 2 aliphatic rings. The van der Waals surface area contributed by atoms with Gasteiger partial charge in [0.25, 0.3) is 0 Å². The van der Waals surface area contributed by atoms with Crippen LogP contribution in [-0.4, -0.2) is 29.5 Å². The van der Waals surface area contributed by atoms with Gasteiger partial charge in [-0.05, 0) is 31.7 Å². The molecule has 0 aliphatic heterocycles. The molecule has 1 heterocycles. The van der Waals surface area contributed by atoms with Crippen molar-refractivity contribution >= 4 is 11.7 Å². The number of aromatic nitrogens is 1. The van der Waals surface area contributed by atoms with Crippen molar-refractivity contribution in [1.29, 1.82) is 0 Å². The monoisotopic (exact) mass is 288 g/mol. The molecular formula is C16H24N4O. The summed E-state index contributed by atoms with van der Waals surface area (Å²) in [5.41, 5.74) is 6.62. The van der Waals surface area contributed by atoms with Crippen molar-refractivity contribution in [3.05, 3.63) is 23.9 Å². The summed E-state index contributed by atoms with van der Waals surface area (Å²) in [5.74, 6) is 0.644. The molecule has 0 unspecified atom stereocenters. The second kappa shape index (κ2) is 6.43. The molecule has 2 fully saturated rings. The summed E-state index contributed by atoms with van der Waals surface area (Å²) in [7, 11) is 0. The third kappa shape index (κ3) is 3.73. The van der Waals surface area contributed by atoms with Gasteiger partial charge in [0.2, 0.25) is 5.91 Å². The number of hydrogen-bond donors (Lipinski definition) is 2. The molecule has 0 atom stereocenters. The molecule has 1 aromatic heterocycles. The number of pyridine rings is 1. The van der Waals surface area contributed by atoms with Crippen LogP contribution in [0.4, 0.5) is 5.82 Å². The van der Waals surface area contributed by atoms with Gasteiger partial charge in [-0.1, -0.05) is 18.9 Å². The fourth-order valence-electron chi connectivity index (χ4n) is 3.13. The average molecular weight is 288 g/mol. The minimum Gasteiger partial charge on any atom is -0.368 e. The normalized spacial score (nSPS) is 18.9. The van der Waals surface area contributed by atoms with Gasteiger partial charge >= 0.3 is 0 Å². The Morgan fingerprint density at radius 3 is 2.76 bits per heavy atom. The summed E-state index contributed by atoms with van der Waals surface area (Å²) >= 11 is 0. The van der Waals surface area contributed by atoms with Crippen LogP contribution >= 0.6 is 0 Å². The fourth-order valence-corrected chi connectivity index (χ4v) is 3.13. The summed E-state index contributed by atoms with van der Waals surface area (Å²) in [6, 6.07) is 5.12. The van der Waals surface area contributed by atoms with Gasteiger partial charge in [0.15, 0.2) is 0 Å². The smallest absolute Gasteiger partial charge is 0.237 e. The van der Waals surface area contributed by atoms with Crippen LogP contribution in [0, 0.1) is 0 Å². The predicted molar refractivity (Wildman–Crippen MR) is 82.9 cm³/mol. The van der Waals surface area contributed by atoms with Crippen LogP contribution in [0.1, 0.15) is 44.1 Å². The third-order valence-corrected chi connectivity index (χ3v) is 4.39. The van der Waals surface area contributed by atoms with Gasteiger partial charge < -0.3 is 16.0 Å². The Hall–Kier alpha value is -1.62. The number of carbonyl (C=O) groups excluding carboxylic acids is 1. The first-order chi connectivity index (χ1) is 10.2. The summed E-state index contributed by atoms with van der Waals surface area (Å²) in [5, 5.41) is 3.53. The number of anilines is 1. The quantitative estimate of drug-likeness (QED) is 0.799. The largest absolute Gasteiger partial charge is 0.368 e. The molecule has 1 aromatic rings. The molecule has 21 heavy (non-hydrogen) atoms. The van der Waals surface area contributed by atoms with Crippen LogP contribution in [0.25, 0.3) is 0 Å². The standard InChI is InChI=1S/C16H24N4O/c17-15(21)11-20(14-5-1-2-6-14)16-12(4-3-9-18-16)10-19-13-7-8-13/h3-4,9,13-14,19H,1-2,5-8,10-11H2,(H2,17,21). The Morgan fingerprint density at radius 2 is 2.10 bits per heavy atom. The molecule has 3 rings (SSSR count). The first-order valence-corrected chi connectivity index (χ1v) is 7.96. The Labute approximate surface area is 125 Å². The molecule has 2 saturated carbocycles. The Bertz CT molecular complexity index is 495. The minimum absolute atomic E-state index is 0.262. The number of primary amides is 1. The lowest BCUT2D eigenvalue weighted by molar-refractivity contribution is -0.116. The zero-order valence-corrected chi connectivity index (χ0v) is 12.4. The first kappa shape index (κ1) is 14.3. The van der Waals surface area contributed by atoms with Gasteiger partial charge in [-0.25, -0.2) is 4.98 Å². The van der Waals surface area contributed by atoms with Gasteiger partial charge in [0.05, 0.1) is 6.54 Å². The number of nitrogens with zero attached hydrogens (tertiary/aromatic N) is 2. The van der Waals surface area contributed by atoms with Crippen molar-refractivity contribution in [2.45, 2.75) is 57.2 Å². The molecule has 0 saturated heterocycles. The maximum absolute atomic E-state index is 11.5. The number of amides is 1. The predicted octanol–water partition coefficient (Wildman–Crippen LogP) is 1.57. The molecule has 1 amide bonds. The topological polar surface area (TPSA) is 71.2 Å². The lowest BCUT2D eigenvalue weighted by Crippen LogP contribution is -2.41. The first-order valence-electron chi connectivity index (χ1n) is 7.96. The van der Waals surface area contributed by atoms with Gasteiger partial charge in [0, 0.05) is 30.4 Å². The summed E-state index contributed by atoms with van der Waals surface area (Å²) in [6.07, 6.45) is 9.04. The molecule has 5 heteroatoms. The van der Waals surface area contributed by atoms with Crippen molar-refractivity contribution in [3.63, 3.8) is 0 Å². The van der Waals surface area contributed by atoms with E-state index >= 15 is 0 Å². The van der Waals surface area contributed by atoms with Crippen molar-refractivity contribution < 1.29 is 4.79 Å². The van der Waals surface area contributed by atoms with E-state index in [2.05, 4.69) is 21.3 Å². The van der Waals surface area contributed by atoms with Crippen LogP contribution in [0.5, 0.6) is 0 Å². The zero-order chi connectivity index (χ0) is 14.7. The van der Waals surface area contributed by atoms with E-state index in [9.17, 15) is 4.79 Å². The minimum atomic E-state index is -0.284. The summed E-state index contributed by atoms with van der Waals surface area (Å²) in [4.78, 5) is 18.1. The van der Waals surface area contributed by atoms with Crippen molar-refractivity contribution in [3.8, 4) is 0 Å². The SMILES string of the molecule is NC(=O)CN(c1ncccc1CNC1CC1)C1CCCC1. The zero-order valence-electron chi connectivity index (χ0n) is 12.4. The van der Waals surface area contributed by atoms with E-state index in [-0.39, 0.29) is 12.5 Å². The van der Waals surface area contributed by atoms with E-state index in [1.54, 1.807) is 6.20 Å². The van der Waals surface area contributed by atoms with E-state index in [0.29, 0.717) is 12.1 Å². The number of nitrogens with two attached hydrogens (primary N) is 1. The highest BCUT2D eigenvalue weighted by molar-refractivity contribution is 5.79. The van der Waals surface area contributed by atoms with Gasteiger partial charge in [-0.15, -0.1) is 0 Å². The highest BCUT2D eigenvalue weighted by Crippen LogP contribution is 2.29. The van der Waals surface area contributed by atoms with E-state index in [0.717, 1.165) is 30.8 Å². The molecule has 114 valence electrons. The molecule has 0 aromatic carbocycles. The van der Waals surface area contributed by atoms with E-state index in [4.69, 9.17) is 5.73 Å². The van der Waals surface area contributed by atoms with Crippen molar-refractivity contribution in [2.24, 2.45) is 5.73 Å². The Morgan fingerprint density at radius 1 is 1.33 bits per heavy atom. The van der Waals surface area contributed by atoms with Crippen molar-refractivity contribution in [1.82, 2.24) is 10.3 Å². The lowest BCUT2D eigenvalue weighted by atomic mass is 10.1. The van der Waals surface area contributed by atoms with Crippen LogP contribution < -0.4 is 16.0 Å². The maximum atomic E-state index is 11.5. The van der Waals surface area contributed by atoms with Crippen LogP contribution in [-0.2, 0) is 11.3 Å². The molecule has 5 nitrogen and oxygen atoms in total. The second-order valence-corrected chi connectivity index (χ2v) is 6.17. The van der Waals surface area contributed by atoms with Crippen molar-refractivity contribution in [2.75, 3.05) is 11.4 Å². The highest BCUT2D eigenvalue weighted by atomic mass is 16.1. The number of carbonyl (C=O) groups is 1. The second-order valence-electron chi connectivity index (χ2n) is 6.17. The van der Waals surface area contributed by atoms with Crippen LogP contribution in [0.2, 0.25) is 0 Å². The van der Waals surface area contributed by atoms with Gasteiger partial charge in [-0.3, -0.25) is 4.79 Å². The van der Waals surface area contributed by atoms with Crippen LogP contribution in [0.3, 0.4) is 0 Å². The van der Waals surface area contributed by atoms with Gasteiger partial charge in [-0.2, -0.15) is 0 Å². The molecule has 2 aliphatic carbocycles. The Kier molecular flexibility index (Phi) is 4.39. The molecule has 0 radical (unpaired) electrons. The van der Waals surface area contributed by atoms with Crippen LogP contribution in [0.15, 0.2) is 18.3 Å². The Balaban J connectivity index is 1.80. The number of rotatable bonds is 7. The molecule has 3 N–H and O–H groups in total.